The highest BCUT2D eigenvalue weighted by Gasteiger charge is 2.62. The van der Waals surface area contributed by atoms with Gasteiger partial charge >= 0.3 is 12.1 Å². The Morgan fingerprint density at radius 1 is 0.902 bits per heavy atom. The number of imide groups is 1. The Morgan fingerprint density at radius 3 is 2.06 bits per heavy atom. The molecule has 1 aliphatic heterocycles. The van der Waals surface area contributed by atoms with Gasteiger partial charge in [-0.05, 0) is 31.2 Å². The van der Waals surface area contributed by atoms with E-state index in [4.69, 9.17) is 4.74 Å². The summed E-state index contributed by atoms with van der Waals surface area (Å²) in [7, 11) is -3.00. The number of carbonyl (C=O) groups excluding carboxylic acids is 3. The first-order valence-electron chi connectivity index (χ1n) is 15.7. The van der Waals surface area contributed by atoms with Gasteiger partial charge in [-0.3, -0.25) is 25.0 Å². The number of sulfone groups is 1. The highest BCUT2D eigenvalue weighted by Crippen LogP contribution is 2.43. The Bertz CT molecular complexity index is 2120. The lowest BCUT2D eigenvalue weighted by Gasteiger charge is -2.38. The van der Waals surface area contributed by atoms with Crippen LogP contribution in [0.1, 0.15) is 33.6 Å². The lowest BCUT2D eigenvalue weighted by molar-refractivity contribution is -0.385. The van der Waals surface area contributed by atoms with Crippen molar-refractivity contribution in [2.24, 2.45) is 0 Å². The predicted molar refractivity (Wildman–Crippen MR) is 180 cm³/mol. The second-order valence-electron chi connectivity index (χ2n) is 12.3. The summed E-state index contributed by atoms with van der Waals surface area (Å²) in [6.45, 7) is 1.02. The zero-order chi connectivity index (χ0) is 36.6. The summed E-state index contributed by atoms with van der Waals surface area (Å²) in [6, 6.07) is 16.7. The molecule has 1 N–H and O–H groups in total. The molecule has 0 bridgehead atoms. The van der Waals surface area contributed by atoms with Crippen LogP contribution in [0.3, 0.4) is 0 Å². The quantitative estimate of drug-likeness (QED) is 0.175. The molecule has 51 heavy (non-hydrogen) atoms. The molecule has 2 heterocycles. The number of hydrogen-bond donors (Lipinski definition) is 1. The van der Waals surface area contributed by atoms with Crippen LogP contribution in [0.15, 0.2) is 96.0 Å². The fourth-order valence-electron chi connectivity index (χ4n) is 6.76. The van der Waals surface area contributed by atoms with Crippen LogP contribution in [0, 0.1) is 27.2 Å². The van der Waals surface area contributed by atoms with E-state index in [9.17, 15) is 43.0 Å². The first kappa shape index (κ1) is 34.8. The minimum atomic E-state index is -4.32. The second-order valence-corrected chi connectivity index (χ2v) is 14.5. The largest absolute Gasteiger partial charge is 0.443 e. The Hall–Kier alpha value is -6.10. The van der Waals surface area contributed by atoms with Gasteiger partial charge in [-0.15, -0.1) is 0 Å². The average Bonchev–Trinajstić information content (AvgIpc) is 3.84. The van der Waals surface area contributed by atoms with Gasteiger partial charge in [-0.25, -0.2) is 22.9 Å². The summed E-state index contributed by atoms with van der Waals surface area (Å²) >= 11 is 0. The number of rotatable bonds is 10. The van der Waals surface area contributed by atoms with Crippen molar-refractivity contribution in [3.05, 3.63) is 134 Å². The molecule has 264 valence electrons. The number of aryl methyl sites for hydroxylation is 1. The van der Waals surface area contributed by atoms with E-state index >= 15 is 0 Å². The molecule has 16 nitrogen and oxygen atoms in total. The number of hydrogen-bond acceptors (Lipinski definition) is 10. The molecule has 3 aromatic carbocycles. The Kier molecular flexibility index (Phi) is 9.31. The van der Waals surface area contributed by atoms with Crippen molar-refractivity contribution < 1.29 is 37.4 Å². The normalized spacial score (nSPS) is 19.6. The van der Waals surface area contributed by atoms with Gasteiger partial charge in [0.05, 0.1) is 39.1 Å². The maximum absolute atomic E-state index is 14.5. The van der Waals surface area contributed by atoms with Gasteiger partial charge in [0.1, 0.15) is 17.8 Å². The molecule has 4 atom stereocenters. The summed E-state index contributed by atoms with van der Waals surface area (Å²) in [5.74, 6) is -0.743. The lowest BCUT2D eigenvalue weighted by Crippen LogP contribution is -2.58. The van der Waals surface area contributed by atoms with Gasteiger partial charge in [-0.2, -0.15) is 0 Å². The fourth-order valence-corrected chi connectivity index (χ4v) is 8.75. The van der Waals surface area contributed by atoms with Crippen LogP contribution in [-0.2, 0) is 27.7 Å². The number of ether oxygens (including phenoxy) is 1. The first-order chi connectivity index (χ1) is 24.3. The number of nitrogens with zero attached hydrogens (tertiary/aromatic N) is 5. The van der Waals surface area contributed by atoms with Crippen LogP contribution in [0.2, 0.25) is 0 Å². The van der Waals surface area contributed by atoms with Crippen molar-refractivity contribution >= 4 is 39.2 Å². The van der Waals surface area contributed by atoms with Crippen molar-refractivity contribution in [1.29, 1.82) is 0 Å². The number of H-pyrrole nitrogens is 1. The second kappa shape index (κ2) is 13.7. The van der Waals surface area contributed by atoms with Crippen molar-refractivity contribution in [1.82, 2.24) is 19.7 Å². The van der Waals surface area contributed by atoms with Gasteiger partial charge in [-0.1, -0.05) is 54.1 Å². The van der Waals surface area contributed by atoms with E-state index in [2.05, 4.69) is 4.98 Å². The predicted octanol–water partition coefficient (Wildman–Crippen LogP) is 4.84. The van der Waals surface area contributed by atoms with Gasteiger partial charge in [0, 0.05) is 42.9 Å². The smallest absolute Gasteiger partial charge is 0.418 e. The number of para-hydroxylation sites is 2. The summed E-state index contributed by atoms with van der Waals surface area (Å²) in [4.78, 5) is 70.2. The molecule has 17 heteroatoms. The van der Waals surface area contributed by atoms with Crippen molar-refractivity contribution in [3.63, 3.8) is 0 Å². The lowest BCUT2D eigenvalue weighted by atomic mass is 10.0. The number of aromatic nitrogens is 1. The Labute approximate surface area is 291 Å². The van der Waals surface area contributed by atoms with Gasteiger partial charge in [0.25, 0.3) is 17.3 Å². The molecular weight excluding hydrogens is 684 g/mol. The van der Waals surface area contributed by atoms with Crippen molar-refractivity contribution in [2.45, 2.75) is 54.8 Å². The summed E-state index contributed by atoms with van der Waals surface area (Å²) in [6.07, 6.45) is -1.12. The van der Waals surface area contributed by atoms with Gasteiger partial charge in [0.15, 0.2) is 9.84 Å². The standard InChI is InChI=1S/C34H32N6O10S/c1-21-13-15-24(16-14-21)51(48,49)29-18-28-30(38(34(43)50-28)33(42)36(2)19-22-8-3-5-11-26(22)39(44)45)31(29)37(32(41)25-10-7-17-35-25)20-23-9-4-6-12-27(23)40(46)47/h3-17,28-31,35H,18-20H2,1-2H3/t28-,29+,30-,31-/m1/s1. The van der Waals surface area contributed by atoms with E-state index < -0.39 is 67.7 Å². The van der Waals surface area contributed by atoms with Crippen LogP contribution >= 0.6 is 0 Å². The molecule has 1 saturated heterocycles. The van der Waals surface area contributed by atoms with E-state index in [0.717, 1.165) is 20.3 Å². The number of benzene rings is 3. The SMILES string of the molecule is Cc1ccc(S(=O)(=O)[C@H]2C[C@H]3OC(=O)N(C(=O)N(C)Cc4ccccc4[N+](=O)[O-])[C@H]3[C@@H]2N(Cc2ccccc2[N+](=O)[O-])C(=O)c2ccc[nH]2)cc1. The number of fused-ring (bicyclic) bond motifs is 1. The number of carbonyl (C=O) groups is 3. The van der Waals surface area contributed by atoms with Crippen molar-refractivity contribution in [2.75, 3.05) is 7.05 Å². The molecule has 4 amide bonds. The minimum Gasteiger partial charge on any atom is -0.443 e. The number of nitro benzene ring substituents is 2. The number of aromatic amines is 1. The molecule has 1 aromatic heterocycles. The number of urea groups is 1. The maximum Gasteiger partial charge on any atom is 0.418 e. The maximum atomic E-state index is 14.5. The zero-order valence-corrected chi connectivity index (χ0v) is 28.1. The van der Waals surface area contributed by atoms with Crippen molar-refractivity contribution in [3.8, 4) is 0 Å². The molecule has 4 aromatic rings. The fraction of sp³-hybridized carbons (Fsp3) is 0.265. The average molecular weight is 717 g/mol. The molecule has 0 unspecified atom stereocenters. The van der Waals surface area contributed by atoms with E-state index in [1.54, 1.807) is 31.2 Å². The third-order valence-corrected chi connectivity index (χ3v) is 11.4. The molecule has 2 fully saturated rings. The number of nitrogens with one attached hydrogen (secondary N) is 1. The minimum absolute atomic E-state index is 0.0279. The van der Waals surface area contributed by atoms with Crippen LogP contribution in [-0.4, -0.2) is 86.5 Å². The van der Waals surface area contributed by atoms with Crippen LogP contribution < -0.4 is 0 Å². The third kappa shape index (κ3) is 6.50. The highest BCUT2D eigenvalue weighted by atomic mass is 32.2. The molecule has 0 spiro atoms. The molecule has 1 saturated carbocycles. The van der Waals surface area contributed by atoms with Crippen LogP contribution in [0.25, 0.3) is 0 Å². The monoisotopic (exact) mass is 716 g/mol. The molecule has 0 radical (unpaired) electrons. The first-order valence-corrected chi connectivity index (χ1v) is 17.3. The van der Waals surface area contributed by atoms with Gasteiger partial charge < -0.3 is 19.5 Å². The summed E-state index contributed by atoms with van der Waals surface area (Å²) in [5, 5.41) is 22.3. The van der Waals surface area contributed by atoms with E-state index in [-0.39, 0.29) is 46.1 Å². The highest BCUT2D eigenvalue weighted by molar-refractivity contribution is 7.92. The van der Waals surface area contributed by atoms with Crippen LogP contribution in [0.4, 0.5) is 21.0 Å². The van der Waals surface area contributed by atoms with E-state index in [0.29, 0.717) is 0 Å². The Morgan fingerprint density at radius 2 is 1.49 bits per heavy atom. The molecule has 2 aliphatic rings. The van der Waals surface area contributed by atoms with Gasteiger partial charge in [0.2, 0.25) is 0 Å². The topological polar surface area (TPSA) is 206 Å². The van der Waals surface area contributed by atoms with E-state index in [1.165, 1.54) is 73.9 Å². The van der Waals surface area contributed by atoms with E-state index in [1.807, 2.05) is 0 Å². The van der Waals surface area contributed by atoms with Crippen LogP contribution in [0.5, 0.6) is 0 Å². The zero-order valence-electron chi connectivity index (χ0n) is 27.3. The Balaban J connectivity index is 1.48. The third-order valence-electron chi connectivity index (χ3n) is 9.18. The number of amides is 4. The molecule has 1 aliphatic carbocycles. The molecular formula is C34H32N6O10S. The molecule has 6 rings (SSSR count). The number of nitro groups is 2. The summed E-state index contributed by atoms with van der Waals surface area (Å²) in [5.41, 5.74) is 0.486. The summed E-state index contributed by atoms with van der Waals surface area (Å²) < 4.78 is 34.6.